The summed E-state index contributed by atoms with van der Waals surface area (Å²) in [5.41, 5.74) is -1.18. The van der Waals surface area contributed by atoms with Crippen LogP contribution in [0.3, 0.4) is 0 Å². The summed E-state index contributed by atoms with van der Waals surface area (Å²) in [6.45, 7) is 2.07. The molecule has 3 aromatic rings. The maximum absolute atomic E-state index is 14.6. The van der Waals surface area contributed by atoms with E-state index in [1.165, 1.54) is 0 Å². The van der Waals surface area contributed by atoms with Crippen molar-refractivity contribution in [2.24, 2.45) is 0 Å². The zero-order valence-electron chi connectivity index (χ0n) is 16.6. The largest absolute Gasteiger partial charge is 0.486 e. The Bertz CT molecular complexity index is 1070. The molecule has 0 spiro atoms. The van der Waals surface area contributed by atoms with E-state index in [1.54, 1.807) is 0 Å². The Morgan fingerprint density at radius 1 is 1.03 bits per heavy atom. The molecule has 1 N–H and O–H groups in total. The lowest BCUT2D eigenvalue weighted by Crippen LogP contribution is -2.39. The van der Waals surface area contributed by atoms with Gasteiger partial charge in [0.05, 0.1) is 18.3 Å². The summed E-state index contributed by atoms with van der Waals surface area (Å²) in [4.78, 5) is 0. The van der Waals surface area contributed by atoms with Crippen LogP contribution in [0.1, 0.15) is 37.3 Å². The first kappa shape index (κ1) is 20.7. The van der Waals surface area contributed by atoms with Gasteiger partial charge >= 0.3 is 0 Å². The second-order valence-electron chi connectivity index (χ2n) is 7.72. The number of hydrogen-bond donors (Lipinski definition) is 1. The first-order chi connectivity index (χ1) is 14.4. The molecular formula is C24H23F3O3. The number of ether oxygens (including phenoxy) is 2. The van der Waals surface area contributed by atoms with Gasteiger partial charge in [-0.1, -0.05) is 43.3 Å². The normalized spacial score (nSPS) is 21.7. The minimum absolute atomic E-state index is 0.0224. The summed E-state index contributed by atoms with van der Waals surface area (Å²) in [6, 6.07) is 14.5. The quantitative estimate of drug-likeness (QED) is 0.549. The van der Waals surface area contributed by atoms with Crippen LogP contribution < -0.4 is 4.74 Å². The van der Waals surface area contributed by atoms with Crippen molar-refractivity contribution < 1.29 is 27.8 Å². The minimum atomic E-state index is -1.64. The van der Waals surface area contributed by atoms with Crippen LogP contribution in [-0.2, 0) is 16.9 Å². The summed E-state index contributed by atoms with van der Waals surface area (Å²) >= 11 is 0. The molecule has 3 nitrogen and oxygen atoms in total. The van der Waals surface area contributed by atoms with Crippen molar-refractivity contribution in [1.82, 2.24) is 0 Å². The van der Waals surface area contributed by atoms with E-state index in [-0.39, 0.29) is 37.7 Å². The van der Waals surface area contributed by atoms with Gasteiger partial charge in [0.1, 0.15) is 6.61 Å². The Labute approximate surface area is 173 Å². The first-order valence-electron chi connectivity index (χ1n) is 10.0. The van der Waals surface area contributed by atoms with E-state index in [2.05, 4.69) is 0 Å². The van der Waals surface area contributed by atoms with E-state index < -0.39 is 28.8 Å². The second-order valence-corrected chi connectivity index (χ2v) is 7.72. The topological polar surface area (TPSA) is 38.7 Å². The standard InChI is InChI=1S/C24H23F3O3/c1-2-18-13-24(28,9-10-29-18)19-12-20(22(26)23(27)21(19)25)30-14-15-7-8-16-5-3-4-6-17(16)11-15/h3-8,11-12,18,28H,2,9-10,13-14H2,1H3. The molecule has 0 radical (unpaired) electrons. The van der Waals surface area contributed by atoms with Crippen molar-refractivity contribution in [3.8, 4) is 5.75 Å². The molecule has 4 rings (SSSR count). The zero-order chi connectivity index (χ0) is 21.3. The van der Waals surface area contributed by atoms with Gasteiger partial charge in [-0.3, -0.25) is 0 Å². The van der Waals surface area contributed by atoms with Crippen molar-refractivity contribution in [3.63, 3.8) is 0 Å². The molecule has 3 aromatic carbocycles. The van der Waals surface area contributed by atoms with Gasteiger partial charge in [-0.2, -0.15) is 4.39 Å². The minimum Gasteiger partial charge on any atom is -0.486 e. The van der Waals surface area contributed by atoms with Gasteiger partial charge in [-0.05, 0) is 34.9 Å². The summed E-state index contributed by atoms with van der Waals surface area (Å²) < 4.78 is 54.3. The molecule has 1 saturated heterocycles. The lowest BCUT2D eigenvalue weighted by Gasteiger charge is -2.37. The molecule has 0 amide bonds. The van der Waals surface area contributed by atoms with E-state index in [4.69, 9.17) is 9.47 Å². The van der Waals surface area contributed by atoms with Crippen LogP contribution in [0.4, 0.5) is 13.2 Å². The highest BCUT2D eigenvalue weighted by atomic mass is 19.2. The van der Waals surface area contributed by atoms with Crippen LogP contribution >= 0.6 is 0 Å². The number of aliphatic hydroxyl groups is 1. The average molecular weight is 416 g/mol. The Balaban J connectivity index is 1.63. The van der Waals surface area contributed by atoms with Crippen LogP contribution in [0, 0.1) is 17.5 Å². The third-order valence-corrected chi connectivity index (χ3v) is 5.71. The zero-order valence-corrected chi connectivity index (χ0v) is 16.6. The van der Waals surface area contributed by atoms with Crippen LogP contribution in [-0.4, -0.2) is 17.8 Å². The molecule has 6 heteroatoms. The van der Waals surface area contributed by atoms with Gasteiger partial charge < -0.3 is 14.6 Å². The molecule has 1 heterocycles. The molecule has 0 bridgehead atoms. The highest BCUT2D eigenvalue weighted by molar-refractivity contribution is 5.82. The van der Waals surface area contributed by atoms with Gasteiger partial charge in [0.15, 0.2) is 17.4 Å². The van der Waals surface area contributed by atoms with Crippen LogP contribution in [0.15, 0.2) is 48.5 Å². The molecule has 0 aromatic heterocycles. The van der Waals surface area contributed by atoms with Crippen molar-refractivity contribution in [2.75, 3.05) is 6.61 Å². The van der Waals surface area contributed by atoms with Crippen LogP contribution in [0.25, 0.3) is 10.8 Å². The number of hydrogen-bond acceptors (Lipinski definition) is 3. The van der Waals surface area contributed by atoms with Crippen molar-refractivity contribution in [2.45, 2.75) is 44.5 Å². The van der Waals surface area contributed by atoms with Gasteiger partial charge in [0, 0.05) is 18.4 Å². The van der Waals surface area contributed by atoms with Crippen LogP contribution in [0.2, 0.25) is 0 Å². The van der Waals surface area contributed by atoms with E-state index in [0.717, 1.165) is 22.4 Å². The summed E-state index contributed by atoms with van der Waals surface area (Å²) in [5.74, 6) is -4.86. The SMILES string of the molecule is CCC1CC(O)(c2cc(OCc3ccc4ccccc4c3)c(F)c(F)c2F)CCO1. The molecule has 2 unspecified atom stereocenters. The van der Waals surface area contributed by atoms with E-state index in [1.807, 2.05) is 49.4 Å². The number of fused-ring (bicyclic) bond motifs is 1. The average Bonchev–Trinajstić information content (AvgIpc) is 2.76. The van der Waals surface area contributed by atoms with Gasteiger partial charge in [0.25, 0.3) is 0 Å². The van der Waals surface area contributed by atoms with Gasteiger partial charge in [0.2, 0.25) is 5.82 Å². The molecule has 1 fully saturated rings. The number of halogens is 3. The fourth-order valence-corrected chi connectivity index (χ4v) is 3.95. The molecule has 0 saturated carbocycles. The number of benzene rings is 3. The molecule has 1 aliphatic heterocycles. The Hall–Kier alpha value is -2.57. The third-order valence-electron chi connectivity index (χ3n) is 5.71. The Morgan fingerprint density at radius 3 is 2.57 bits per heavy atom. The highest BCUT2D eigenvalue weighted by Crippen LogP contribution is 2.40. The van der Waals surface area contributed by atoms with E-state index in [0.29, 0.717) is 6.42 Å². The predicted octanol–water partition coefficient (Wildman–Crippen LogP) is 5.61. The maximum Gasteiger partial charge on any atom is 0.203 e. The molecule has 158 valence electrons. The summed E-state index contributed by atoms with van der Waals surface area (Å²) in [5, 5.41) is 13.0. The smallest absolute Gasteiger partial charge is 0.203 e. The monoisotopic (exact) mass is 416 g/mol. The highest BCUT2D eigenvalue weighted by Gasteiger charge is 2.40. The first-order valence-corrected chi connectivity index (χ1v) is 10.0. The fourth-order valence-electron chi connectivity index (χ4n) is 3.95. The van der Waals surface area contributed by atoms with Crippen molar-refractivity contribution in [3.05, 3.63) is 77.1 Å². The van der Waals surface area contributed by atoms with Crippen LogP contribution in [0.5, 0.6) is 5.75 Å². The van der Waals surface area contributed by atoms with Gasteiger partial charge in [-0.25, -0.2) is 8.78 Å². The van der Waals surface area contributed by atoms with E-state index >= 15 is 0 Å². The molecule has 0 aliphatic carbocycles. The fraction of sp³-hybridized carbons (Fsp3) is 0.333. The van der Waals surface area contributed by atoms with Gasteiger partial charge in [-0.15, -0.1) is 0 Å². The summed E-state index contributed by atoms with van der Waals surface area (Å²) in [7, 11) is 0. The predicted molar refractivity (Wildman–Crippen MR) is 108 cm³/mol. The van der Waals surface area contributed by atoms with Crippen molar-refractivity contribution in [1.29, 1.82) is 0 Å². The third kappa shape index (κ3) is 3.89. The Kier molecular flexibility index (Phi) is 5.71. The molecular weight excluding hydrogens is 393 g/mol. The summed E-state index contributed by atoms with van der Waals surface area (Å²) in [6.07, 6.45) is 0.544. The molecule has 2 atom stereocenters. The Morgan fingerprint density at radius 2 is 1.80 bits per heavy atom. The molecule has 1 aliphatic rings. The lowest BCUT2D eigenvalue weighted by atomic mass is 9.82. The second kappa shape index (κ2) is 8.28. The van der Waals surface area contributed by atoms with E-state index in [9.17, 15) is 18.3 Å². The maximum atomic E-state index is 14.6. The molecule has 30 heavy (non-hydrogen) atoms. The van der Waals surface area contributed by atoms with Crippen molar-refractivity contribution >= 4 is 10.8 Å². The lowest BCUT2D eigenvalue weighted by molar-refractivity contribution is -0.110. The number of rotatable bonds is 5.